The van der Waals surface area contributed by atoms with Crippen molar-refractivity contribution in [3.8, 4) is 0 Å². The van der Waals surface area contributed by atoms with E-state index >= 15 is 0 Å². The first-order valence-electron chi connectivity index (χ1n) is 3.42. The van der Waals surface area contributed by atoms with Crippen molar-refractivity contribution in [2.75, 3.05) is 0 Å². The summed E-state index contributed by atoms with van der Waals surface area (Å²) in [6.07, 6.45) is -3.77. The van der Waals surface area contributed by atoms with Crippen molar-refractivity contribution in [2.24, 2.45) is 0 Å². The van der Waals surface area contributed by atoms with Crippen LogP contribution in [-0.2, 0) is 4.79 Å². The number of Topliss-reactive ketones (excluding diaryl/α,β-unsaturated/α-hetero) is 1. The minimum atomic E-state index is -4.57. The Morgan fingerprint density at radius 3 is 2.25 bits per heavy atom. The second-order valence-corrected chi connectivity index (χ2v) is 2.94. The van der Waals surface area contributed by atoms with Gasteiger partial charge in [0.2, 0.25) is 0 Å². The number of carbonyl (C=O) groups is 1. The van der Waals surface area contributed by atoms with Gasteiger partial charge in [-0.15, -0.1) is 0 Å². The lowest BCUT2D eigenvalue weighted by atomic mass is 10.2. The average Bonchev–Trinajstić information content (AvgIpc) is 2.31. The fraction of sp³-hybridized carbons (Fsp3) is 0.571. The minimum absolute atomic E-state index is 0.150. The summed E-state index contributed by atoms with van der Waals surface area (Å²) in [5.74, 6) is -0.475. The first-order chi connectivity index (χ1) is 5.43. The van der Waals surface area contributed by atoms with Gasteiger partial charge in [-0.25, -0.2) is 0 Å². The molecule has 0 aliphatic heterocycles. The molecule has 1 nitrogen and oxygen atoms in total. The molecule has 0 aromatic carbocycles. The van der Waals surface area contributed by atoms with Crippen LogP contribution in [0.3, 0.4) is 0 Å². The molecule has 68 valence electrons. The molecule has 0 radical (unpaired) electrons. The normalized spacial score (nSPS) is 23.2. The van der Waals surface area contributed by atoms with Crippen LogP contribution in [0, 0.1) is 0 Å². The molecule has 5 heteroatoms. The van der Waals surface area contributed by atoms with E-state index in [0.29, 0.717) is 6.42 Å². The lowest BCUT2D eigenvalue weighted by Crippen LogP contribution is -2.11. The highest BCUT2D eigenvalue weighted by Crippen LogP contribution is 2.36. The highest BCUT2D eigenvalue weighted by atomic mass is 35.5. The quantitative estimate of drug-likeness (QED) is 0.547. The monoisotopic (exact) mass is 198 g/mol. The fourth-order valence-corrected chi connectivity index (χ4v) is 1.32. The van der Waals surface area contributed by atoms with E-state index in [1.54, 1.807) is 0 Å². The Morgan fingerprint density at radius 1 is 1.33 bits per heavy atom. The van der Waals surface area contributed by atoms with E-state index in [-0.39, 0.29) is 18.4 Å². The SMILES string of the molecule is O=C1CCC/C1=C(/Cl)C(F)(F)F. The maximum atomic E-state index is 11.9. The molecule has 0 aromatic rings. The molecule has 0 aromatic heterocycles. The topological polar surface area (TPSA) is 17.1 Å². The summed E-state index contributed by atoms with van der Waals surface area (Å²) in [7, 11) is 0. The van der Waals surface area contributed by atoms with Gasteiger partial charge in [-0.05, 0) is 12.8 Å². The highest BCUT2D eigenvalue weighted by molar-refractivity contribution is 6.32. The number of allylic oxidation sites excluding steroid dienone is 2. The van der Waals surface area contributed by atoms with Gasteiger partial charge in [-0.2, -0.15) is 13.2 Å². The van der Waals surface area contributed by atoms with Crippen LogP contribution in [0.2, 0.25) is 0 Å². The minimum Gasteiger partial charge on any atom is -0.295 e. The Balaban J connectivity index is 2.97. The number of alkyl halides is 3. The molecular weight excluding hydrogens is 193 g/mol. The number of carbonyl (C=O) groups excluding carboxylic acids is 1. The highest BCUT2D eigenvalue weighted by Gasteiger charge is 2.37. The third-order valence-electron chi connectivity index (χ3n) is 1.68. The second kappa shape index (κ2) is 3.09. The number of halogens is 4. The Kier molecular flexibility index (Phi) is 2.46. The zero-order valence-corrected chi connectivity index (χ0v) is 6.80. The molecule has 0 saturated heterocycles. The van der Waals surface area contributed by atoms with Gasteiger partial charge in [0.25, 0.3) is 0 Å². The molecule has 12 heavy (non-hydrogen) atoms. The number of hydrogen-bond donors (Lipinski definition) is 0. The largest absolute Gasteiger partial charge is 0.427 e. The zero-order valence-electron chi connectivity index (χ0n) is 6.04. The molecular formula is C7H6ClF3O. The zero-order chi connectivity index (χ0) is 9.35. The Hall–Kier alpha value is -0.510. The van der Waals surface area contributed by atoms with Crippen LogP contribution in [0.4, 0.5) is 13.2 Å². The van der Waals surface area contributed by atoms with E-state index < -0.39 is 17.0 Å². The molecule has 0 bridgehead atoms. The Bertz CT molecular complexity index is 242. The molecule has 0 heterocycles. The molecule has 0 atom stereocenters. The molecule has 0 unspecified atom stereocenters. The average molecular weight is 199 g/mol. The van der Waals surface area contributed by atoms with Gasteiger partial charge in [0.15, 0.2) is 5.78 Å². The summed E-state index contributed by atoms with van der Waals surface area (Å²) in [5.41, 5.74) is -0.260. The van der Waals surface area contributed by atoms with Crippen LogP contribution in [0.15, 0.2) is 10.6 Å². The third-order valence-corrected chi connectivity index (χ3v) is 2.12. The molecule has 1 aliphatic rings. The summed E-state index contributed by atoms with van der Waals surface area (Å²) in [5, 5.41) is -1.25. The second-order valence-electron chi connectivity index (χ2n) is 2.57. The van der Waals surface area contributed by atoms with Crippen molar-refractivity contribution in [1.82, 2.24) is 0 Å². The summed E-state index contributed by atoms with van der Waals surface area (Å²) in [6, 6.07) is 0. The molecule has 1 saturated carbocycles. The van der Waals surface area contributed by atoms with Crippen molar-refractivity contribution in [1.29, 1.82) is 0 Å². The fourth-order valence-electron chi connectivity index (χ4n) is 1.12. The van der Waals surface area contributed by atoms with E-state index in [1.807, 2.05) is 0 Å². The molecule has 0 N–H and O–H groups in total. The molecule has 1 aliphatic carbocycles. The standard InChI is InChI=1S/C7H6ClF3O/c8-6(7(9,10)11)4-2-1-3-5(4)12/h1-3H2/b6-4-. The first kappa shape index (κ1) is 9.58. The van der Waals surface area contributed by atoms with Crippen LogP contribution >= 0.6 is 11.6 Å². The Labute approximate surface area is 72.2 Å². The number of rotatable bonds is 0. The molecule has 1 fully saturated rings. The first-order valence-corrected chi connectivity index (χ1v) is 3.80. The lowest BCUT2D eigenvalue weighted by Gasteiger charge is -2.06. The molecule has 0 spiro atoms. The van der Waals surface area contributed by atoms with Crippen molar-refractivity contribution in [3.63, 3.8) is 0 Å². The van der Waals surface area contributed by atoms with Gasteiger partial charge in [0, 0.05) is 12.0 Å². The maximum Gasteiger partial charge on any atom is 0.427 e. The van der Waals surface area contributed by atoms with Gasteiger partial charge in [-0.3, -0.25) is 4.79 Å². The summed E-state index contributed by atoms with van der Waals surface area (Å²) in [6.45, 7) is 0. The van der Waals surface area contributed by atoms with Crippen molar-refractivity contribution in [2.45, 2.75) is 25.4 Å². The van der Waals surface area contributed by atoms with Gasteiger partial charge in [0.05, 0.1) is 0 Å². The number of ketones is 1. The summed E-state index contributed by atoms with van der Waals surface area (Å²) < 4.78 is 35.8. The smallest absolute Gasteiger partial charge is 0.295 e. The van der Waals surface area contributed by atoms with Crippen LogP contribution in [0.1, 0.15) is 19.3 Å². The van der Waals surface area contributed by atoms with Gasteiger partial charge < -0.3 is 0 Å². The van der Waals surface area contributed by atoms with E-state index in [4.69, 9.17) is 11.6 Å². The van der Waals surface area contributed by atoms with Gasteiger partial charge in [-0.1, -0.05) is 11.6 Å². The summed E-state index contributed by atoms with van der Waals surface area (Å²) in [4.78, 5) is 10.8. The predicted octanol–water partition coefficient (Wildman–Crippen LogP) is 2.79. The van der Waals surface area contributed by atoms with Crippen molar-refractivity contribution >= 4 is 17.4 Å². The van der Waals surface area contributed by atoms with Crippen LogP contribution in [-0.4, -0.2) is 12.0 Å². The molecule has 0 amide bonds. The van der Waals surface area contributed by atoms with Crippen molar-refractivity contribution in [3.05, 3.63) is 10.6 Å². The van der Waals surface area contributed by atoms with Crippen molar-refractivity contribution < 1.29 is 18.0 Å². The van der Waals surface area contributed by atoms with Gasteiger partial charge >= 0.3 is 6.18 Å². The van der Waals surface area contributed by atoms with E-state index in [9.17, 15) is 18.0 Å². The third kappa shape index (κ3) is 1.80. The van der Waals surface area contributed by atoms with Crippen LogP contribution in [0.25, 0.3) is 0 Å². The van der Waals surface area contributed by atoms with E-state index in [0.717, 1.165) is 0 Å². The van der Waals surface area contributed by atoms with E-state index in [1.165, 1.54) is 0 Å². The predicted molar refractivity (Wildman–Crippen MR) is 37.8 cm³/mol. The molecule has 1 rings (SSSR count). The Morgan fingerprint density at radius 2 is 1.92 bits per heavy atom. The number of hydrogen-bond acceptors (Lipinski definition) is 1. The lowest BCUT2D eigenvalue weighted by molar-refractivity contribution is -0.115. The maximum absolute atomic E-state index is 11.9. The van der Waals surface area contributed by atoms with Crippen LogP contribution < -0.4 is 0 Å². The van der Waals surface area contributed by atoms with E-state index in [2.05, 4.69) is 0 Å². The van der Waals surface area contributed by atoms with Gasteiger partial charge in [0.1, 0.15) is 5.03 Å². The summed E-state index contributed by atoms with van der Waals surface area (Å²) >= 11 is 4.99. The van der Waals surface area contributed by atoms with Crippen LogP contribution in [0.5, 0.6) is 0 Å².